The monoisotopic (exact) mass is 298 g/mol. The van der Waals surface area contributed by atoms with Crippen molar-refractivity contribution in [2.75, 3.05) is 0 Å². The second kappa shape index (κ2) is 5.01. The van der Waals surface area contributed by atoms with Crippen LogP contribution in [0.25, 0.3) is 0 Å². The normalized spacial score (nSPS) is 12.8. The van der Waals surface area contributed by atoms with E-state index in [0.717, 1.165) is 6.07 Å². The molecule has 3 nitrogen and oxygen atoms in total. The van der Waals surface area contributed by atoms with Gasteiger partial charge >= 0.3 is 6.61 Å². The summed E-state index contributed by atoms with van der Waals surface area (Å²) in [7, 11) is 1.32. The quantitative estimate of drug-likeness (QED) is 0.802. The summed E-state index contributed by atoms with van der Waals surface area (Å²) < 4.78 is 51.3. The molecule has 0 aliphatic heterocycles. The van der Waals surface area contributed by atoms with E-state index < -0.39 is 21.1 Å². The Hall–Kier alpha value is -0.880. The highest BCUT2D eigenvalue weighted by Crippen LogP contribution is 2.34. The summed E-state index contributed by atoms with van der Waals surface area (Å²) in [6, 6.07) is 3.57. The molecule has 7 heteroatoms. The average Bonchev–Trinajstić information content (AvgIpc) is 2.13. The molecule has 0 aliphatic rings. The highest BCUT2D eigenvalue weighted by molar-refractivity contribution is 8.13. The molecule has 0 heterocycles. The molecular weight excluding hydrogens is 286 g/mol. The molecule has 0 amide bonds. The van der Waals surface area contributed by atoms with Gasteiger partial charge in [-0.05, 0) is 23.6 Å². The van der Waals surface area contributed by atoms with E-state index in [1.54, 1.807) is 20.8 Å². The summed E-state index contributed by atoms with van der Waals surface area (Å²) in [5.74, 6) is -0.0541. The summed E-state index contributed by atoms with van der Waals surface area (Å²) in [5, 5.41) is 0. The predicted molar refractivity (Wildman–Crippen MR) is 64.8 cm³/mol. The first kappa shape index (κ1) is 15.2. The lowest BCUT2D eigenvalue weighted by Crippen LogP contribution is -2.15. The van der Waals surface area contributed by atoms with Gasteiger partial charge in [-0.2, -0.15) is 8.78 Å². The Morgan fingerprint density at radius 2 is 1.83 bits per heavy atom. The highest BCUT2D eigenvalue weighted by atomic mass is 35.7. The van der Waals surface area contributed by atoms with Gasteiger partial charge in [0.2, 0.25) is 0 Å². The number of hydrogen-bond donors (Lipinski definition) is 0. The smallest absolute Gasteiger partial charge is 0.387 e. The molecule has 0 atom stereocenters. The molecule has 0 N–H and O–H groups in total. The van der Waals surface area contributed by atoms with Gasteiger partial charge in [0.15, 0.2) is 0 Å². The third-order valence-electron chi connectivity index (χ3n) is 2.26. The molecule has 0 radical (unpaired) electrons. The van der Waals surface area contributed by atoms with Crippen LogP contribution in [0.1, 0.15) is 26.3 Å². The lowest BCUT2D eigenvalue weighted by Gasteiger charge is -2.23. The van der Waals surface area contributed by atoms with E-state index in [1.165, 1.54) is 12.1 Å². The lowest BCUT2D eigenvalue weighted by atomic mass is 9.86. The second-order valence-corrected chi connectivity index (χ2v) is 7.29. The van der Waals surface area contributed by atoms with Crippen molar-refractivity contribution in [1.82, 2.24) is 0 Å². The lowest BCUT2D eigenvalue weighted by molar-refractivity contribution is -0.0509. The van der Waals surface area contributed by atoms with Gasteiger partial charge in [0.25, 0.3) is 9.05 Å². The van der Waals surface area contributed by atoms with E-state index in [4.69, 9.17) is 10.7 Å². The molecule has 0 aromatic heterocycles. The summed E-state index contributed by atoms with van der Waals surface area (Å²) >= 11 is 0. The Labute approximate surface area is 109 Å². The standard InChI is InChI=1S/C11H13ClF2O3S/c1-11(2,3)8-6-7(18(12,15)16)4-5-9(8)17-10(13)14/h4-6,10H,1-3H3. The number of ether oxygens (including phenoxy) is 1. The maximum Gasteiger partial charge on any atom is 0.387 e. The number of halogens is 3. The average molecular weight is 299 g/mol. The molecule has 0 saturated carbocycles. The Morgan fingerprint density at radius 3 is 2.22 bits per heavy atom. The molecule has 102 valence electrons. The molecule has 0 spiro atoms. The van der Waals surface area contributed by atoms with E-state index in [0.29, 0.717) is 5.56 Å². The molecule has 18 heavy (non-hydrogen) atoms. The Balaban J connectivity index is 3.39. The van der Waals surface area contributed by atoms with Crippen LogP contribution in [0.2, 0.25) is 0 Å². The van der Waals surface area contributed by atoms with Gasteiger partial charge in [-0.1, -0.05) is 20.8 Å². The third-order valence-corrected chi connectivity index (χ3v) is 3.61. The Kier molecular flexibility index (Phi) is 4.23. The molecular formula is C11H13ClF2O3S. The highest BCUT2D eigenvalue weighted by Gasteiger charge is 2.23. The van der Waals surface area contributed by atoms with Crippen molar-refractivity contribution in [1.29, 1.82) is 0 Å². The summed E-state index contributed by atoms with van der Waals surface area (Å²) in [4.78, 5) is -0.143. The van der Waals surface area contributed by atoms with Gasteiger partial charge in [-0.15, -0.1) is 0 Å². The first-order valence-electron chi connectivity index (χ1n) is 5.06. The summed E-state index contributed by atoms with van der Waals surface area (Å²) in [6.07, 6.45) is 0. The largest absolute Gasteiger partial charge is 0.435 e. The van der Waals surface area contributed by atoms with E-state index >= 15 is 0 Å². The Bertz CT molecular complexity index is 536. The van der Waals surface area contributed by atoms with Crippen LogP contribution in [-0.2, 0) is 14.5 Å². The minimum absolute atomic E-state index is 0.0541. The second-order valence-electron chi connectivity index (χ2n) is 4.72. The number of hydrogen-bond acceptors (Lipinski definition) is 3. The van der Waals surface area contributed by atoms with Gasteiger partial charge in [0.1, 0.15) is 5.75 Å². The first-order chi connectivity index (χ1) is 8.01. The van der Waals surface area contributed by atoms with Crippen LogP contribution in [-0.4, -0.2) is 15.0 Å². The van der Waals surface area contributed by atoms with Crippen molar-refractivity contribution < 1.29 is 21.9 Å². The van der Waals surface area contributed by atoms with Gasteiger partial charge < -0.3 is 4.74 Å². The van der Waals surface area contributed by atoms with Crippen LogP contribution < -0.4 is 4.74 Å². The predicted octanol–water partition coefficient (Wildman–Crippen LogP) is 3.51. The molecule has 0 bridgehead atoms. The minimum atomic E-state index is -3.90. The molecule has 1 aromatic rings. The van der Waals surface area contributed by atoms with Crippen LogP contribution in [0.3, 0.4) is 0 Å². The number of benzene rings is 1. The van der Waals surface area contributed by atoms with Crippen molar-refractivity contribution in [3.8, 4) is 5.75 Å². The van der Waals surface area contributed by atoms with Crippen LogP contribution >= 0.6 is 10.7 Å². The molecule has 0 fully saturated rings. The van der Waals surface area contributed by atoms with Gasteiger partial charge in [0.05, 0.1) is 4.90 Å². The van der Waals surface area contributed by atoms with Crippen molar-refractivity contribution in [2.45, 2.75) is 37.7 Å². The van der Waals surface area contributed by atoms with Crippen molar-refractivity contribution in [2.24, 2.45) is 0 Å². The van der Waals surface area contributed by atoms with Crippen LogP contribution in [0.15, 0.2) is 23.1 Å². The SMILES string of the molecule is CC(C)(C)c1cc(S(=O)(=O)Cl)ccc1OC(F)F. The Morgan fingerprint density at radius 1 is 1.28 bits per heavy atom. The van der Waals surface area contributed by atoms with E-state index in [9.17, 15) is 17.2 Å². The summed E-state index contributed by atoms with van der Waals surface area (Å²) in [6.45, 7) is 2.30. The van der Waals surface area contributed by atoms with Crippen molar-refractivity contribution in [3.63, 3.8) is 0 Å². The topological polar surface area (TPSA) is 43.4 Å². The van der Waals surface area contributed by atoms with Crippen LogP contribution in [0.4, 0.5) is 8.78 Å². The van der Waals surface area contributed by atoms with Gasteiger partial charge in [0, 0.05) is 16.2 Å². The van der Waals surface area contributed by atoms with Gasteiger partial charge in [-0.3, -0.25) is 0 Å². The maximum atomic E-state index is 12.3. The van der Waals surface area contributed by atoms with Crippen LogP contribution in [0, 0.1) is 0 Å². The molecule has 0 unspecified atom stereocenters. The molecule has 1 aromatic carbocycles. The molecule has 0 aliphatic carbocycles. The van der Waals surface area contributed by atoms with Gasteiger partial charge in [-0.25, -0.2) is 8.42 Å². The fraction of sp³-hybridized carbons (Fsp3) is 0.455. The fourth-order valence-electron chi connectivity index (χ4n) is 1.45. The summed E-state index contributed by atoms with van der Waals surface area (Å²) in [5.41, 5.74) is -0.202. The minimum Gasteiger partial charge on any atom is -0.435 e. The van der Waals surface area contributed by atoms with Crippen molar-refractivity contribution >= 4 is 19.7 Å². The zero-order chi connectivity index (χ0) is 14.1. The first-order valence-corrected chi connectivity index (χ1v) is 7.37. The fourth-order valence-corrected chi connectivity index (χ4v) is 2.22. The zero-order valence-corrected chi connectivity index (χ0v) is 11.6. The third kappa shape index (κ3) is 3.81. The zero-order valence-electron chi connectivity index (χ0n) is 10.1. The molecule has 1 rings (SSSR count). The van der Waals surface area contributed by atoms with E-state index in [1.807, 2.05) is 0 Å². The van der Waals surface area contributed by atoms with E-state index in [-0.39, 0.29) is 10.6 Å². The molecule has 0 saturated heterocycles. The van der Waals surface area contributed by atoms with E-state index in [2.05, 4.69) is 4.74 Å². The van der Waals surface area contributed by atoms with Crippen molar-refractivity contribution in [3.05, 3.63) is 23.8 Å². The number of rotatable bonds is 3. The van der Waals surface area contributed by atoms with Crippen LogP contribution in [0.5, 0.6) is 5.75 Å². The maximum absolute atomic E-state index is 12.3. The number of alkyl halides is 2.